The van der Waals surface area contributed by atoms with Crippen LogP contribution in [0.25, 0.3) is 0 Å². The van der Waals surface area contributed by atoms with Gasteiger partial charge in [0.1, 0.15) is 13.7 Å². The van der Waals surface area contributed by atoms with Gasteiger partial charge < -0.3 is 5.32 Å². The Morgan fingerprint density at radius 2 is 1.85 bits per heavy atom. The molecule has 2 aromatic rings. The summed E-state index contributed by atoms with van der Waals surface area (Å²) in [7, 11) is 1.82. The molecule has 0 spiro atoms. The van der Waals surface area contributed by atoms with Crippen LogP contribution >= 0.6 is 0 Å². The second-order valence-corrected chi connectivity index (χ2v) is 6.86. The minimum atomic E-state index is -1.69. The lowest BCUT2D eigenvalue weighted by atomic mass is 9.97. The molecule has 0 saturated heterocycles. The molecule has 1 aromatic heterocycles. The summed E-state index contributed by atoms with van der Waals surface area (Å²) < 4.78 is 41.7. The van der Waals surface area contributed by atoms with Crippen molar-refractivity contribution in [3.63, 3.8) is 0 Å². The van der Waals surface area contributed by atoms with E-state index in [1.54, 1.807) is 33.8 Å². The van der Waals surface area contributed by atoms with Crippen LogP contribution in [0.2, 0.25) is 0 Å². The molecule has 0 aliphatic rings. The van der Waals surface area contributed by atoms with Gasteiger partial charge in [0.15, 0.2) is 17.5 Å². The van der Waals surface area contributed by atoms with E-state index in [2.05, 4.69) is 15.8 Å². The van der Waals surface area contributed by atoms with Gasteiger partial charge in [-0.05, 0) is 39.3 Å². The molecule has 0 aliphatic carbocycles. The summed E-state index contributed by atoms with van der Waals surface area (Å²) in [6.45, 7) is 6.75. The van der Waals surface area contributed by atoms with Gasteiger partial charge in [0, 0.05) is 6.20 Å². The fraction of sp³-hybridized carbons (Fsp3) is 0.294. The molecule has 0 aliphatic heterocycles. The lowest BCUT2D eigenvalue weighted by molar-refractivity contribution is -0.0589. The maximum atomic E-state index is 14.3. The first-order chi connectivity index (χ1) is 12.0. The van der Waals surface area contributed by atoms with Crippen LogP contribution in [0.5, 0.6) is 0 Å². The maximum absolute atomic E-state index is 14.3. The standard InChI is InChI=1S/C17H19BF3N3O2/c1-8-5-9(18)7-22-15(8)23-14-10(6-11(19)12(20)13(14)21)16(25)24-26-17(2,3)4/h5-7H,18H2,1-4H3,(H,22,23)(H,24,25). The highest BCUT2D eigenvalue weighted by molar-refractivity contribution is 6.32. The summed E-state index contributed by atoms with van der Waals surface area (Å²) in [5, 5.41) is 2.57. The molecule has 0 atom stereocenters. The Morgan fingerprint density at radius 3 is 2.42 bits per heavy atom. The van der Waals surface area contributed by atoms with Crippen LogP contribution in [0.3, 0.4) is 0 Å². The maximum Gasteiger partial charge on any atom is 0.277 e. The van der Waals surface area contributed by atoms with Gasteiger partial charge in [-0.15, -0.1) is 0 Å². The molecule has 1 amide bonds. The van der Waals surface area contributed by atoms with Gasteiger partial charge in [-0.25, -0.2) is 23.6 Å². The van der Waals surface area contributed by atoms with E-state index in [0.29, 0.717) is 11.6 Å². The molecule has 5 nitrogen and oxygen atoms in total. The highest BCUT2D eigenvalue weighted by Crippen LogP contribution is 2.28. The molecule has 0 saturated carbocycles. The Hall–Kier alpha value is -2.55. The zero-order valence-corrected chi connectivity index (χ0v) is 15.1. The third-order valence-electron chi connectivity index (χ3n) is 3.32. The Bertz CT molecular complexity index is 854. The Labute approximate surface area is 150 Å². The van der Waals surface area contributed by atoms with E-state index in [1.807, 2.05) is 7.85 Å². The van der Waals surface area contributed by atoms with Gasteiger partial charge in [0.05, 0.1) is 16.9 Å². The number of benzene rings is 1. The number of carbonyl (C=O) groups excluding carboxylic acids is 1. The summed E-state index contributed by atoms with van der Waals surface area (Å²) in [5.74, 6) is -5.41. The van der Waals surface area contributed by atoms with Gasteiger partial charge in [0.2, 0.25) is 0 Å². The minimum absolute atomic E-state index is 0.214. The number of halogens is 3. The number of hydrogen-bond acceptors (Lipinski definition) is 4. The van der Waals surface area contributed by atoms with Gasteiger partial charge >= 0.3 is 0 Å². The third-order valence-corrected chi connectivity index (χ3v) is 3.32. The number of nitrogens with zero attached hydrogens (tertiary/aromatic N) is 1. The smallest absolute Gasteiger partial charge is 0.277 e. The van der Waals surface area contributed by atoms with Gasteiger partial charge in [0.25, 0.3) is 5.91 Å². The molecule has 2 rings (SSSR count). The molecule has 26 heavy (non-hydrogen) atoms. The first-order valence-corrected chi connectivity index (χ1v) is 7.85. The van der Waals surface area contributed by atoms with Crippen LogP contribution in [-0.4, -0.2) is 24.3 Å². The van der Waals surface area contributed by atoms with E-state index in [0.717, 1.165) is 5.46 Å². The lowest BCUT2D eigenvalue weighted by Gasteiger charge is -2.20. The van der Waals surface area contributed by atoms with Crippen molar-refractivity contribution in [1.29, 1.82) is 0 Å². The topological polar surface area (TPSA) is 63.2 Å². The molecule has 1 heterocycles. The first kappa shape index (κ1) is 19.8. The van der Waals surface area contributed by atoms with E-state index >= 15 is 0 Å². The normalized spacial score (nSPS) is 11.3. The summed E-state index contributed by atoms with van der Waals surface area (Å²) in [6.07, 6.45) is 1.52. The highest BCUT2D eigenvalue weighted by atomic mass is 19.2. The van der Waals surface area contributed by atoms with Crippen LogP contribution in [0.15, 0.2) is 18.3 Å². The molecule has 0 fully saturated rings. The van der Waals surface area contributed by atoms with Gasteiger partial charge in [-0.2, -0.15) is 0 Å². The first-order valence-electron chi connectivity index (χ1n) is 7.85. The van der Waals surface area contributed by atoms with Crippen LogP contribution < -0.4 is 16.3 Å². The molecule has 0 bridgehead atoms. The predicted molar refractivity (Wildman–Crippen MR) is 95.1 cm³/mol. The zero-order valence-electron chi connectivity index (χ0n) is 15.1. The average Bonchev–Trinajstić information content (AvgIpc) is 2.54. The van der Waals surface area contributed by atoms with Crippen molar-refractivity contribution in [3.8, 4) is 0 Å². The monoisotopic (exact) mass is 365 g/mol. The summed E-state index contributed by atoms with van der Waals surface area (Å²) in [6, 6.07) is 2.38. The number of nitrogens with one attached hydrogen (secondary N) is 2. The Balaban J connectivity index is 2.46. The Kier molecular flexibility index (Phi) is 5.60. The lowest BCUT2D eigenvalue weighted by Crippen LogP contribution is -2.34. The summed E-state index contributed by atoms with van der Waals surface area (Å²) in [4.78, 5) is 21.5. The fourth-order valence-corrected chi connectivity index (χ4v) is 2.12. The number of rotatable bonds is 4. The average molecular weight is 365 g/mol. The van der Waals surface area contributed by atoms with E-state index in [-0.39, 0.29) is 5.82 Å². The SMILES string of the molecule is Bc1cnc(Nc2c(C(=O)NOC(C)(C)C)cc(F)c(F)c2F)c(C)c1. The van der Waals surface area contributed by atoms with Crippen LogP contribution in [0.1, 0.15) is 36.7 Å². The second kappa shape index (κ2) is 7.37. The van der Waals surface area contributed by atoms with E-state index in [9.17, 15) is 18.0 Å². The zero-order chi connectivity index (χ0) is 19.6. The molecular weight excluding hydrogens is 346 g/mol. The minimum Gasteiger partial charge on any atom is -0.337 e. The number of aromatic nitrogens is 1. The van der Waals surface area contributed by atoms with Crippen molar-refractivity contribution in [2.24, 2.45) is 0 Å². The number of pyridine rings is 1. The van der Waals surface area contributed by atoms with Crippen molar-refractivity contribution in [1.82, 2.24) is 10.5 Å². The van der Waals surface area contributed by atoms with Crippen molar-refractivity contribution in [2.75, 3.05) is 5.32 Å². The van der Waals surface area contributed by atoms with Crippen LogP contribution in [0.4, 0.5) is 24.7 Å². The predicted octanol–water partition coefficient (Wildman–Crippen LogP) is 2.27. The third kappa shape index (κ3) is 4.54. The summed E-state index contributed by atoms with van der Waals surface area (Å²) in [5.41, 5.74) is 1.92. The van der Waals surface area contributed by atoms with Crippen molar-refractivity contribution >= 4 is 30.7 Å². The summed E-state index contributed by atoms with van der Waals surface area (Å²) >= 11 is 0. The van der Waals surface area contributed by atoms with Crippen molar-refractivity contribution in [3.05, 3.63) is 46.9 Å². The van der Waals surface area contributed by atoms with Crippen molar-refractivity contribution < 1.29 is 22.8 Å². The number of hydrogen-bond donors (Lipinski definition) is 2. The van der Waals surface area contributed by atoms with Gasteiger partial charge in [-0.1, -0.05) is 11.5 Å². The highest BCUT2D eigenvalue weighted by Gasteiger charge is 2.25. The molecule has 9 heteroatoms. The second-order valence-electron chi connectivity index (χ2n) is 6.86. The molecule has 138 valence electrons. The molecular formula is C17H19BF3N3O2. The fourth-order valence-electron chi connectivity index (χ4n) is 2.12. The number of amides is 1. The molecule has 2 N–H and O–H groups in total. The number of anilines is 2. The van der Waals surface area contributed by atoms with Crippen LogP contribution in [0, 0.1) is 24.4 Å². The Morgan fingerprint density at radius 1 is 1.19 bits per heavy atom. The van der Waals surface area contributed by atoms with E-state index < -0.39 is 40.2 Å². The molecule has 1 aromatic carbocycles. The number of carbonyl (C=O) groups is 1. The van der Waals surface area contributed by atoms with Gasteiger partial charge in [-0.3, -0.25) is 9.63 Å². The number of aryl methyl sites for hydroxylation is 1. The van der Waals surface area contributed by atoms with Crippen molar-refractivity contribution in [2.45, 2.75) is 33.3 Å². The largest absolute Gasteiger partial charge is 0.337 e. The molecule has 0 unspecified atom stereocenters. The molecule has 0 radical (unpaired) electrons. The number of hydroxylamine groups is 1. The quantitative estimate of drug-likeness (QED) is 0.496. The van der Waals surface area contributed by atoms with Crippen LogP contribution in [-0.2, 0) is 4.84 Å². The van der Waals surface area contributed by atoms with E-state index in [4.69, 9.17) is 4.84 Å². The van der Waals surface area contributed by atoms with E-state index in [1.165, 1.54) is 6.20 Å².